The molecule has 1 fully saturated rings. The fraction of sp³-hybridized carbons (Fsp3) is 0.368. The summed E-state index contributed by atoms with van der Waals surface area (Å²) in [5.74, 6) is 0.617. The average Bonchev–Trinajstić information content (AvgIpc) is 3.31. The summed E-state index contributed by atoms with van der Waals surface area (Å²) in [5, 5.41) is 18.5. The Morgan fingerprint density at radius 3 is 2.92 bits per heavy atom. The predicted octanol–water partition coefficient (Wildman–Crippen LogP) is 2.34. The Balaban J connectivity index is 1.40. The van der Waals surface area contributed by atoms with Gasteiger partial charge in [0.2, 0.25) is 0 Å². The molecule has 1 aliphatic heterocycles. The minimum atomic E-state index is -0.401. The van der Waals surface area contributed by atoms with Crippen LogP contribution in [-0.4, -0.2) is 44.1 Å². The van der Waals surface area contributed by atoms with Crippen molar-refractivity contribution in [2.24, 2.45) is 5.92 Å². The molecule has 2 atom stereocenters. The van der Waals surface area contributed by atoms with E-state index in [-0.39, 0.29) is 11.7 Å². The van der Waals surface area contributed by atoms with E-state index >= 15 is 0 Å². The van der Waals surface area contributed by atoms with Crippen molar-refractivity contribution in [2.75, 3.05) is 13.1 Å². The second kappa shape index (κ2) is 7.01. The van der Waals surface area contributed by atoms with Crippen LogP contribution in [0.25, 0.3) is 5.69 Å². The van der Waals surface area contributed by atoms with Gasteiger partial charge in [0, 0.05) is 49.8 Å². The number of β-amino-alcohol motifs (C(OH)–C–C–N with tert-alkyl or cyclic N) is 1. The van der Waals surface area contributed by atoms with Gasteiger partial charge in [0.15, 0.2) is 0 Å². The molecule has 3 heterocycles. The number of likely N-dealkylation sites (tertiary alicyclic amines) is 1. The SMILES string of the molecule is Cc1cc(C[C@@H]2CN(Cc3cnn(-c4ccccc4F)c3)C[C@H]2O)on1. The zero-order chi connectivity index (χ0) is 18.1. The summed E-state index contributed by atoms with van der Waals surface area (Å²) in [4.78, 5) is 2.18. The Bertz CT molecular complexity index is 891. The number of rotatable bonds is 5. The maximum absolute atomic E-state index is 13.9. The van der Waals surface area contributed by atoms with Crippen molar-refractivity contribution in [3.63, 3.8) is 0 Å². The lowest BCUT2D eigenvalue weighted by Crippen LogP contribution is -2.21. The predicted molar refractivity (Wildman–Crippen MR) is 93.2 cm³/mol. The van der Waals surface area contributed by atoms with Gasteiger partial charge in [-0.1, -0.05) is 17.3 Å². The number of benzene rings is 1. The molecule has 1 N–H and O–H groups in total. The summed E-state index contributed by atoms with van der Waals surface area (Å²) in [6, 6.07) is 8.47. The molecule has 136 valence electrons. The number of aliphatic hydroxyl groups is 1. The number of aromatic nitrogens is 3. The summed E-state index contributed by atoms with van der Waals surface area (Å²) in [7, 11) is 0. The van der Waals surface area contributed by atoms with Crippen LogP contribution in [0.5, 0.6) is 0 Å². The Hall–Kier alpha value is -2.51. The minimum Gasteiger partial charge on any atom is -0.391 e. The third-order valence-electron chi connectivity index (χ3n) is 4.76. The minimum absolute atomic E-state index is 0.115. The fourth-order valence-electron chi connectivity index (χ4n) is 3.51. The van der Waals surface area contributed by atoms with Crippen LogP contribution in [0.4, 0.5) is 4.39 Å². The van der Waals surface area contributed by atoms with Gasteiger partial charge in [-0.05, 0) is 19.1 Å². The third kappa shape index (κ3) is 3.54. The molecule has 0 unspecified atom stereocenters. The van der Waals surface area contributed by atoms with E-state index in [1.165, 1.54) is 6.07 Å². The lowest BCUT2D eigenvalue weighted by atomic mass is 10.0. The van der Waals surface area contributed by atoms with E-state index in [1.54, 1.807) is 29.1 Å². The third-order valence-corrected chi connectivity index (χ3v) is 4.76. The molecule has 1 aliphatic rings. The quantitative estimate of drug-likeness (QED) is 0.760. The van der Waals surface area contributed by atoms with Crippen LogP contribution < -0.4 is 0 Å². The maximum Gasteiger partial charge on any atom is 0.148 e. The van der Waals surface area contributed by atoms with E-state index in [1.807, 2.05) is 19.2 Å². The van der Waals surface area contributed by atoms with E-state index in [0.29, 0.717) is 25.2 Å². The van der Waals surface area contributed by atoms with Gasteiger partial charge in [-0.2, -0.15) is 5.10 Å². The van der Waals surface area contributed by atoms with Crippen LogP contribution in [0.3, 0.4) is 0 Å². The summed E-state index contributed by atoms with van der Waals surface area (Å²) in [6.45, 7) is 3.92. The van der Waals surface area contributed by atoms with Gasteiger partial charge < -0.3 is 9.63 Å². The molecule has 7 heteroatoms. The molecule has 2 aromatic heterocycles. The first-order valence-electron chi connectivity index (χ1n) is 8.69. The zero-order valence-corrected chi connectivity index (χ0v) is 14.5. The van der Waals surface area contributed by atoms with Crippen LogP contribution in [0.2, 0.25) is 0 Å². The van der Waals surface area contributed by atoms with Gasteiger partial charge in [0.1, 0.15) is 17.3 Å². The molecule has 3 aromatic rings. The lowest BCUT2D eigenvalue weighted by molar-refractivity contribution is 0.137. The van der Waals surface area contributed by atoms with Crippen LogP contribution in [-0.2, 0) is 13.0 Å². The molecule has 1 saturated heterocycles. The fourth-order valence-corrected chi connectivity index (χ4v) is 3.51. The normalized spacial score (nSPS) is 20.7. The molecule has 6 nitrogen and oxygen atoms in total. The molecule has 26 heavy (non-hydrogen) atoms. The van der Waals surface area contributed by atoms with Crippen molar-refractivity contribution < 1.29 is 14.0 Å². The molecule has 0 saturated carbocycles. The number of aryl methyl sites for hydroxylation is 1. The first-order chi connectivity index (χ1) is 12.6. The van der Waals surface area contributed by atoms with Gasteiger partial charge in [-0.25, -0.2) is 9.07 Å². The topological polar surface area (TPSA) is 67.3 Å². The molecule has 1 aromatic carbocycles. The zero-order valence-electron chi connectivity index (χ0n) is 14.5. The Morgan fingerprint density at radius 2 is 2.15 bits per heavy atom. The second-order valence-electron chi connectivity index (χ2n) is 6.90. The lowest BCUT2D eigenvalue weighted by Gasteiger charge is -2.13. The summed E-state index contributed by atoms with van der Waals surface area (Å²) < 4.78 is 20.7. The van der Waals surface area contributed by atoms with Crippen LogP contribution >= 0.6 is 0 Å². The smallest absolute Gasteiger partial charge is 0.148 e. The highest BCUT2D eigenvalue weighted by Gasteiger charge is 2.32. The molecular weight excluding hydrogens is 335 g/mol. The standard InChI is InChI=1S/C19H21FN4O2/c1-13-6-16(26-22-13)7-15-11-23(12-19(15)25)9-14-8-21-24(10-14)18-5-3-2-4-17(18)20/h2-6,8,10,15,19,25H,7,9,11-12H2,1H3/t15-,19-/m1/s1. The van der Waals surface area contributed by atoms with E-state index in [4.69, 9.17) is 4.52 Å². The van der Waals surface area contributed by atoms with Crippen LogP contribution in [0.15, 0.2) is 47.2 Å². The van der Waals surface area contributed by atoms with Crippen molar-refractivity contribution in [1.29, 1.82) is 0 Å². The second-order valence-corrected chi connectivity index (χ2v) is 6.90. The molecule has 4 rings (SSSR count). The van der Waals surface area contributed by atoms with E-state index in [2.05, 4.69) is 15.2 Å². The summed E-state index contributed by atoms with van der Waals surface area (Å²) >= 11 is 0. The van der Waals surface area contributed by atoms with Crippen molar-refractivity contribution >= 4 is 0 Å². The van der Waals surface area contributed by atoms with E-state index < -0.39 is 6.10 Å². The van der Waals surface area contributed by atoms with E-state index in [9.17, 15) is 9.50 Å². The van der Waals surface area contributed by atoms with Crippen molar-refractivity contribution in [3.05, 3.63) is 65.6 Å². The molecule has 0 amide bonds. The molecule has 0 spiro atoms. The number of para-hydroxylation sites is 1. The Labute approximate surface area is 150 Å². The maximum atomic E-state index is 13.9. The van der Waals surface area contributed by atoms with Gasteiger partial charge >= 0.3 is 0 Å². The number of halogens is 1. The first kappa shape index (κ1) is 16.9. The van der Waals surface area contributed by atoms with Gasteiger partial charge in [0.25, 0.3) is 0 Å². The molecule has 0 bridgehead atoms. The average molecular weight is 356 g/mol. The monoisotopic (exact) mass is 356 g/mol. The Morgan fingerprint density at radius 1 is 1.31 bits per heavy atom. The van der Waals surface area contributed by atoms with E-state index in [0.717, 1.165) is 23.6 Å². The highest BCUT2D eigenvalue weighted by Crippen LogP contribution is 2.24. The summed E-state index contributed by atoms with van der Waals surface area (Å²) in [5.41, 5.74) is 2.26. The van der Waals surface area contributed by atoms with Crippen molar-refractivity contribution in [3.8, 4) is 5.69 Å². The number of aliphatic hydroxyl groups excluding tert-OH is 1. The van der Waals surface area contributed by atoms with Gasteiger partial charge in [-0.15, -0.1) is 0 Å². The first-order valence-corrected chi connectivity index (χ1v) is 8.69. The number of hydrogen-bond donors (Lipinski definition) is 1. The van der Waals surface area contributed by atoms with Crippen LogP contribution in [0, 0.1) is 18.7 Å². The molecule has 0 aliphatic carbocycles. The Kier molecular flexibility index (Phi) is 4.57. The summed E-state index contributed by atoms with van der Waals surface area (Å²) in [6.07, 6.45) is 3.85. The highest BCUT2D eigenvalue weighted by molar-refractivity contribution is 5.32. The molecule has 0 radical (unpaired) electrons. The van der Waals surface area contributed by atoms with Crippen molar-refractivity contribution in [1.82, 2.24) is 19.8 Å². The van der Waals surface area contributed by atoms with Crippen molar-refractivity contribution in [2.45, 2.75) is 26.0 Å². The number of nitrogens with zero attached hydrogens (tertiary/aromatic N) is 4. The largest absolute Gasteiger partial charge is 0.391 e. The van der Waals surface area contributed by atoms with Crippen LogP contribution in [0.1, 0.15) is 17.0 Å². The van der Waals surface area contributed by atoms with Gasteiger partial charge in [0.05, 0.1) is 18.0 Å². The number of hydrogen-bond acceptors (Lipinski definition) is 5. The highest BCUT2D eigenvalue weighted by atomic mass is 19.1. The molecular formula is C19H21FN4O2. The van der Waals surface area contributed by atoms with Gasteiger partial charge in [-0.3, -0.25) is 4.90 Å².